The number of sulfone groups is 1. The second-order valence-electron chi connectivity index (χ2n) is 5.03. The number of hydrogen-bond acceptors (Lipinski definition) is 5. The zero-order chi connectivity index (χ0) is 15.8. The van der Waals surface area contributed by atoms with E-state index >= 15 is 0 Å². The monoisotopic (exact) mass is 352 g/mol. The summed E-state index contributed by atoms with van der Waals surface area (Å²) in [5.74, 6) is 0. The second kappa shape index (κ2) is 5.85. The van der Waals surface area contributed by atoms with Crippen molar-refractivity contribution in [3.05, 3.63) is 23.2 Å². The Morgan fingerprint density at radius 2 is 1.95 bits per heavy atom. The number of hydrogen-bond donors (Lipinski definition) is 1. The molecular weight excluding hydrogens is 336 g/mol. The third-order valence-electron chi connectivity index (χ3n) is 3.54. The number of nitrogens with zero attached hydrogens (tertiary/aromatic N) is 1. The first kappa shape index (κ1) is 16.7. The lowest BCUT2D eigenvalue weighted by Crippen LogP contribution is -2.38. The minimum Gasteiger partial charge on any atom is -0.315 e. The third-order valence-corrected chi connectivity index (χ3v) is 7.04. The maximum absolute atomic E-state index is 12.6. The first-order valence-corrected chi connectivity index (χ1v) is 10.0. The van der Waals surface area contributed by atoms with Crippen LogP contribution in [0, 0.1) is 0 Å². The highest BCUT2D eigenvalue weighted by atomic mass is 35.5. The van der Waals surface area contributed by atoms with Crippen molar-refractivity contribution < 1.29 is 16.8 Å². The lowest BCUT2D eigenvalue weighted by molar-refractivity contribution is 0.387. The molecule has 0 spiro atoms. The standard InChI is InChI=1S/C12H17ClN2O4S2/c1-15(9-5-6-14-8-9)21(18,19)12-7-10(20(2,16)17)3-4-11(12)13/h3-4,7,9,14H,5-6,8H2,1-2H3/t9-/m0/s1. The van der Waals surface area contributed by atoms with Crippen LogP contribution in [0.25, 0.3) is 0 Å². The van der Waals surface area contributed by atoms with Crippen molar-refractivity contribution in [2.75, 3.05) is 26.4 Å². The number of benzene rings is 1. The van der Waals surface area contributed by atoms with Gasteiger partial charge in [-0.05, 0) is 31.2 Å². The van der Waals surface area contributed by atoms with Crippen molar-refractivity contribution in [2.45, 2.75) is 22.3 Å². The first-order chi connectivity index (χ1) is 9.64. The van der Waals surface area contributed by atoms with Gasteiger partial charge in [0, 0.05) is 25.9 Å². The molecule has 1 fully saturated rings. The summed E-state index contributed by atoms with van der Waals surface area (Å²) < 4.78 is 49.7. The second-order valence-corrected chi connectivity index (χ2v) is 9.42. The summed E-state index contributed by atoms with van der Waals surface area (Å²) in [5, 5.41) is 3.11. The average molecular weight is 353 g/mol. The molecule has 2 rings (SSSR count). The van der Waals surface area contributed by atoms with Crippen LogP contribution < -0.4 is 5.32 Å². The Labute approximate surface area is 130 Å². The summed E-state index contributed by atoms with van der Waals surface area (Å²) in [7, 11) is -5.86. The molecule has 1 aromatic rings. The molecule has 1 saturated heterocycles. The summed E-state index contributed by atoms with van der Waals surface area (Å²) in [6.07, 6.45) is 1.73. The van der Waals surface area contributed by atoms with Gasteiger partial charge < -0.3 is 5.32 Å². The van der Waals surface area contributed by atoms with Crippen LogP contribution >= 0.6 is 11.6 Å². The molecule has 1 N–H and O–H groups in total. The van der Waals surface area contributed by atoms with Crippen LogP contribution in [-0.2, 0) is 19.9 Å². The van der Waals surface area contributed by atoms with Gasteiger partial charge in [-0.2, -0.15) is 4.31 Å². The zero-order valence-electron chi connectivity index (χ0n) is 11.7. The van der Waals surface area contributed by atoms with E-state index in [-0.39, 0.29) is 20.9 Å². The molecule has 0 bridgehead atoms. The Balaban J connectivity index is 2.48. The molecule has 0 unspecified atom stereocenters. The molecule has 1 atom stereocenters. The first-order valence-electron chi connectivity index (χ1n) is 6.32. The predicted octanol–water partition coefficient (Wildman–Crippen LogP) is 0.726. The van der Waals surface area contributed by atoms with Crippen LogP contribution in [0.2, 0.25) is 5.02 Å². The Kier molecular flexibility index (Phi) is 4.65. The Morgan fingerprint density at radius 3 is 2.48 bits per heavy atom. The van der Waals surface area contributed by atoms with Crippen molar-refractivity contribution in [1.29, 1.82) is 0 Å². The SMILES string of the molecule is CN([C@H]1CCNC1)S(=O)(=O)c1cc(S(C)(=O)=O)ccc1Cl. The molecule has 0 radical (unpaired) electrons. The number of nitrogens with one attached hydrogen (secondary N) is 1. The van der Waals surface area contributed by atoms with Gasteiger partial charge in [0.2, 0.25) is 10.0 Å². The molecule has 0 aliphatic carbocycles. The lowest BCUT2D eigenvalue weighted by Gasteiger charge is -2.23. The van der Waals surface area contributed by atoms with Gasteiger partial charge in [-0.25, -0.2) is 16.8 Å². The topological polar surface area (TPSA) is 83.6 Å². The molecule has 118 valence electrons. The summed E-state index contributed by atoms with van der Waals surface area (Å²) in [6.45, 7) is 1.32. The number of halogens is 1. The smallest absolute Gasteiger partial charge is 0.244 e. The van der Waals surface area contributed by atoms with Crippen molar-refractivity contribution in [3.63, 3.8) is 0 Å². The highest BCUT2D eigenvalue weighted by Gasteiger charge is 2.32. The third kappa shape index (κ3) is 3.40. The van der Waals surface area contributed by atoms with Gasteiger partial charge in [0.25, 0.3) is 0 Å². The van der Waals surface area contributed by atoms with Crippen LogP contribution in [0.4, 0.5) is 0 Å². The minimum absolute atomic E-state index is 0.0141. The van der Waals surface area contributed by atoms with Crippen molar-refractivity contribution in [3.8, 4) is 0 Å². The van der Waals surface area contributed by atoms with Gasteiger partial charge >= 0.3 is 0 Å². The largest absolute Gasteiger partial charge is 0.315 e. The van der Waals surface area contributed by atoms with E-state index in [2.05, 4.69) is 5.32 Å². The summed E-state index contributed by atoms with van der Waals surface area (Å²) in [5.41, 5.74) is 0. The van der Waals surface area contributed by atoms with Crippen LogP contribution in [0.5, 0.6) is 0 Å². The van der Waals surface area contributed by atoms with E-state index in [4.69, 9.17) is 11.6 Å². The average Bonchev–Trinajstić information content (AvgIpc) is 2.90. The maximum atomic E-state index is 12.6. The van der Waals surface area contributed by atoms with Crippen LogP contribution in [0.1, 0.15) is 6.42 Å². The molecule has 0 amide bonds. The van der Waals surface area contributed by atoms with Crippen LogP contribution in [0.3, 0.4) is 0 Å². The number of rotatable bonds is 4. The Bertz CT molecular complexity index is 741. The van der Waals surface area contributed by atoms with Gasteiger partial charge in [0.1, 0.15) is 4.90 Å². The van der Waals surface area contributed by atoms with Crippen molar-refractivity contribution >= 4 is 31.5 Å². The van der Waals surface area contributed by atoms with Gasteiger partial charge in [0.15, 0.2) is 9.84 Å². The van der Waals surface area contributed by atoms with Crippen molar-refractivity contribution in [1.82, 2.24) is 9.62 Å². The fourth-order valence-electron chi connectivity index (χ4n) is 2.21. The van der Waals surface area contributed by atoms with Gasteiger partial charge in [-0.1, -0.05) is 11.6 Å². The van der Waals surface area contributed by atoms with Crippen LogP contribution in [0.15, 0.2) is 28.0 Å². The van der Waals surface area contributed by atoms with E-state index in [1.807, 2.05) is 0 Å². The molecule has 1 aromatic carbocycles. The maximum Gasteiger partial charge on any atom is 0.244 e. The normalized spacial score (nSPS) is 20.1. The molecule has 1 heterocycles. The van der Waals surface area contributed by atoms with E-state index in [9.17, 15) is 16.8 Å². The Morgan fingerprint density at radius 1 is 1.29 bits per heavy atom. The zero-order valence-corrected chi connectivity index (χ0v) is 14.1. The van der Waals surface area contributed by atoms with Crippen LogP contribution in [-0.4, -0.2) is 53.6 Å². The predicted molar refractivity (Wildman–Crippen MR) is 80.8 cm³/mol. The summed E-state index contributed by atoms with van der Waals surface area (Å²) in [4.78, 5) is -0.245. The number of likely N-dealkylation sites (N-methyl/N-ethyl adjacent to an activating group) is 1. The summed E-state index contributed by atoms with van der Waals surface area (Å²) in [6, 6.07) is 3.55. The Hall–Kier alpha value is -0.670. The van der Waals surface area contributed by atoms with Crippen molar-refractivity contribution in [2.24, 2.45) is 0 Å². The summed E-state index contributed by atoms with van der Waals surface area (Å²) >= 11 is 5.97. The number of sulfonamides is 1. The molecule has 0 saturated carbocycles. The molecule has 9 heteroatoms. The minimum atomic E-state index is -3.84. The molecule has 0 aromatic heterocycles. The molecule has 6 nitrogen and oxygen atoms in total. The van der Waals surface area contributed by atoms with E-state index in [1.54, 1.807) is 0 Å². The highest BCUT2D eigenvalue weighted by molar-refractivity contribution is 7.91. The van der Waals surface area contributed by atoms with Gasteiger partial charge in [-0.3, -0.25) is 0 Å². The van der Waals surface area contributed by atoms with E-state index in [0.29, 0.717) is 13.0 Å². The molecular formula is C12H17ClN2O4S2. The highest BCUT2D eigenvalue weighted by Crippen LogP contribution is 2.28. The lowest BCUT2D eigenvalue weighted by atomic mass is 10.3. The van der Waals surface area contributed by atoms with Gasteiger partial charge in [-0.15, -0.1) is 0 Å². The fraction of sp³-hybridized carbons (Fsp3) is 0.500. The van der Waals surface area contributed by atoms with Gasteiger partial charge in [0.05, 0.1) is 9.92 Å². The molecule has 21 heavy (non-hydrogen) atoms. The molecule has 1 aliphatic heterocycles. The quantitative estimate of drug-likeness (QED) is 0.863. The van der Waals surface area contributed by atoms with E-state index < -0.39 is 19.9 Å². The molecule has 1 aliphatic rings. The van der Waals surface area contributed by atoms with E-state index in [0.717, 1.165) is 18.9 Å². The fourth-order valence-corrected chi connectivity index (χ4v) is 4.82. The van der Waals surface area contributed by atoms with E-state index in [1.165, 1.54) is 23.5 Å².